The number of aryl methyl sites for hydroxylation is 1. The molecule has 44 heavy (non-hydrogen) atoms. The lowest BCUT2D eigenvalue weighted by Crippen LogP contribution is -2.32. The van der Waals surface area contributed by atoms with Crippen LogP contribution in [0.2, 0.25) is 0 Å². The summed E-state index contributed by atoms with van der Waals surface area (Å²) in [5.41, 5.74) is -2.29. The Hall–Kier alpha value is -4.31. The van der Waals surface area contributed by atoms with Gasteiger partial charge >= 0.3 is 6.16 Å². The van der Waals surface area contributed by atoms with E-state index in [4.69, 9.17) is 26.4 Å². The van der Waals surface area contributed by atoms with E-state index in [0.29, 0.717) is 17.8 Å². The lowest BCUT2D eigenvalue weighted by atomic mass is 9.77. The van der Waals surface area contributed by atoms with Gasteiger partial charge in [0.2, 0.25) is 11.8 Å². The van der Waals surface area contributed by atoms with Crippen LogP contribution in [0, 0.1) is 22.6 Å². The fourth-order valence-electron chi connectivity index (χ4n) is 4.93. The maximum Gasteiger partial charge on any atom is 0.508 e. The molecule has 1 aliphatic heterocycles. The summed E-state index contributed by atoms with van der Waals surface area (Å²) in [6, 6.07) is 8.20. The Kier molecular flexibility index (Phi) is 9.16. The molecule has 1 amide bonds. The third-order valence-corrected chi connectivity index (χ3v) is 7.38. The zero-order chi connectivity index (χ0) is 32.6. The number of alkyl halides is 2. The molecule has 9 nitrogen and oxygen atoms in total. The number of amides is 1. The van der Waals surface area contributed by atoms with E-state index in [1.807, 2.05) is 0 Å². The van der Waals surface area contributed by atoms with Crippen LogP contribution < -0.4 is 9.64 Å². The molecule has 2 heterocycles. The molecule has 1 aliphatic rings. The van der Waals surface area contributed by atoms with Gasteiger partial charge in [0, 0.05) is 23.6 Å². The van der Waals surface area contributed by atoms with Crippen molar-refractivity contribution in [2.75, 3.05) is 18.1 Å². The molecule has 1 fully saturated rings. The first kappa shape index (κ1) is 32.6. The van der Waals surface area contributed by atoms with Crippen LogP contribution in [-0.4, -0.2) is 45.8 Å². The highest BCUT2D eigenvalue weighted by molar-refractivity contribution is 7.80. The van der Waals surface area contributed by atoms with E-state index in [1.165, 1.54) is 18.2 Å². The molecule has 13 heteroatoms. The molecular weight excluding hydrogens is 597 g/mol. The molecule has 0 bridgehead atoms. The maximum absolute atomic E-state index is 15.7. The molecule has 1 aromatic heterocycles. The minimum Gasteiger partial charge on any atom is -0.474 e. The van der Waals surface area contributed by atoms with Gasteiger partial charge in [0.1, 0.15) is 36.0 Å². The van der Waals surface area contributed by atoms with Crippen LogP contribution in [0.5, 0.6) is 5.88 Å². The van der Waals surface area contributed by atoms with Crippen LogP contribution in [-0.2, 0) is 20.7 Å². The zero-order valence-electron chi connectivity index (χ0n) is 25.0. The van der Waals surface area contributed by atoms with Gasteiger partial charge in [0.05, 0.1) is 27.4 Å². The van der Waals surface area contributed by atoms with E-state index in [2.05, 4.69) is 9.97 Å². The van der Waals surface area contributed by atoms with E-state index < -0.39 is 46.8 Å². The Labute approximate surface area is 257 Å². The van der Waals surface area contributed by atoms with E-state index in [-0.39, 0.29) is 46.2 Å². The first-order valence-corrected chi connectivity index (χ1v) is 14.2. The SMILES string of the molecule is CCc1nc(OCCOC(=O)OC(C)(C)C)c2cc(C3C(=S)N(c4ccc(C#N)c(C(F)F)c4)C(=O)C3(C)C)cc(F)c2n1. The molecule has 0 N–H and O–H groups in total. The predicted molar refractivity (Wildman–Crippen MR) is 159 cm³/mol. The van der Waals surface area contributed by atoms with Gasteiger partial charge < -0.3 is 14.2 Å². The van der Waals surface area contributed by atoms with Crippen molar-refractivity contribution in [3.05, 3.63) is 58.7 Å². The van der Waals surface area contributed by atoms with Gasteiger partial charge in [-0.15, -0.1) is 0 Å². The van der Waals surface area contributed by atoms with Gasteiger partial charge in [0.25, 0.3) is 6.43 Å². The number of carbonyl (C=O) groups is 2. The van der Waals surface area contributed by atoms with Crippen LogP contribution in [0.25, 0.3) is 10.9 Å². The molecule has 2 aromatic carbocycles. The number of halogens is 3. The number of rotatable bonds is 8. The second-order valence-corrected chi connectivity index (χ2v) is 12.1. The highest BCUT2D eigenvalue weighted by Crippen LogP contribution is 2.48. The summed E-state index contributed by atoms with van der Waals surface area (Å²) in [6.07, 6.45) is -3.43. The number of benzene rings is 2. The largest absolute Gasteiger partial charge is 0.508 e. The molecule has 0 saturated carbocycles. The quantitative estimate of drug-likeness (QED) is 0.148. The molecule has 3 aromatic rings. The first-order chi connectivity index (χ1) is 20.6. The van der Waals surface area contributed by atoms with Crippen LogP contribution >= 0.6 is 12.2 Å². The lowest BCUT2D eigenvalue weighted by molar-refractivity contribution is -0.124. The van der Waals surface area contributed by atoms with Crippen molar-refractivity contribution < 1.29 is 37.0 Å². The average Bonchev–Trinajstić information content (AvgIpc) is 3.12. The highest BCUT2D eigenvalue weighted by Gasteiger charge is 2.52. The van der Waals surface area contributed by atoms with Crippen molar-refractivity contribution in [3.8, 4) is 11.9 Å². The first-order valence-electron chi connectivity index (χ1n) is 13.8. The number of nitrogens with zero attached hydrogens (tertiary/aromatic N) is 4. The van der Waals surface area contributed by atoms with Crippen LogP contribution in [0.15, 0.2) is 30.3 Å². The van der Waals surface area contributed by atoms with Crippen molar-refractivity contribution in [2.24, 2.45) is 5.41 Å². The number of nitriles is 1. The molecule has 1 unspecified atom stereocenters. The van der Waals surface area contributed by atoms with Gasteiger partial charge in [-0.25, -0.2) is 22.9 Å². The monoisotopic (exact) mass is 628 g/mol. The van der Waals surface area contributed by atoms with Crippen molar-refractivity contribution in [1.82, 2.24) is 9.97 Å². The maximum atomic E-state index is 15.7. The molecule has 1 saturated heterocycles. The van der Waals surface area contributed by atoms with Gasteiger partial charge in [-0.1, -0.05) is 19.1 Å². The number of hydrogen-bond acceptors (Lipinski definition) is 9. The number of carbonyl (C=O) groups excluding carboxylic acids is 2. The van der Waals surface area contributed by atoms with Crippen LogP contribution in [0.3, 0.4) is 0 Å². The third kappa shape index (κ3) is 6.45. The van der Waals surface area contributed by atoms with E-state index in [0.717, 1.165) is 11.0 Å². The molecule has 0 radical (unpaired) electrons. The molecular formula is C31H31F3N4O5S. The van der Waals surface area contributed by atoms with Crippen molar-refractivity contribution in [1.29, 1.82) is 5.26 Å². The topological polar surface area (TPSA) is 115 Å². The molecule has 0 aliphatic carbocycles. The van der Waals surface area contributed by atoms with Crippen molar-refractivity contribution in [3.63, 3.8) is 0 Å². The Morgan fingerprint density at radius 3 is 2.50 bits per heavy atom. The Balaban J connectivity index is 1.71. The van der Waals surface area contributed by atoms with Crippen molar-refractivity contribution >= 4 is 45.9 Å². The molecule has 1 atom stereocenters. The summed E-state index contributed by atoms with van der Waals surface area (Å²) in [6.45, 7) is 9.87. The Morgan fingerprint density at radius 1 is 1.18 bits per heavy atom. The lowest BCUT2D eigenvalue weighted by Gasteiger charge is -2.24. The van der Waals surface area contributed by atoms with Gasteiger partial charge in [0.15, 0.2) is 0 Å². The highest BCUT2D eigenvalue weighted by atomic mass is 32.1. The Morgan fingerprint density at radius 2 is 1.89 bits per heavy atom. The number of aromatic nitrogens is 2. The fraction of sp³-hybridized carbons (Fsp3) is 0.419. The summed E-state index contributed by atoms with van der Waals surface area (Å²) >= 11 is 5.72. The molecule has 0 spiro atoms. The second kappa shape index (κ2) is 12.4. The van der Waals surface area contributed by atoms with E-state index in [1.54, 1.807) is 53.7 Å². The van der Waals surface area contributed by atoms with Crippen LogP contribution in [0.4, 0.5) is 23.7 Å². The number of anilines is 1. The van der Waals surface area contributed by atoms with E-state index >= 15 is 4.39 Å². The van der Waals surface area contributed by atoms with Gasteiger partial charge in [-0.2, -0.15) is 10.2 Å². The molecule has 232 valence electrons. The summed E-state index contributed by atoms with van der Waals surface area (Å²) in [4.78, 5) is 35.5. The fourth-order valence-corrected chi connectivity index (χ4v) is 5.55. The predicted octanol–water partition coefficient (Wildman–Crippen LogP) is 6.96. The normalized spacial score (nSPS) is 16.4. The third-order valence-electron chi connectivity index (χ3n) is 6.96. The number of fused-ring (bicyclic) bond motifs is 1. The van der Waals surface area contributed by atoms with Crippen molar-refractivity contribution in [2.45, 2.75) is 65.9 Å². The van der Waals surface area contributed by atoms with Gasteiger partial charge in [-0.05, 0) is 70.5 Å². The second-order valence-electron chi connectivity index (χ2n) is 11.7. The summed E-state index contributed by atoms with van der Waals surface area (Å²) in [5.74, 6) is -1.66. The number of hydrogen-bond donors (Lipinski definition) is 0. The zero-order valence-corrected chi connectivity index (χ0v) is 25.9. The summed E-state index contributed by atoms with van der Waals surface area (Å²) < 4.78 is 59.0. The minimum atomic E-state index is -2.95. The number of thiocarbonyl (C=S) groups is 1. The standard InChI is InChI=1S/C31H31F3N4O5S/c1-7-22-36-24-20(26(37-22)41-10-11-42-29(40)43-30(2,3)4)12-17(13-21(24)32)23-27(44)38(28(39)31(23,5)6)18-9-8-16(15-35)19(14-18)25(33)34/h8-9,12-14,23,25H,7,10-11H2,1-6H3. The average molecular weight is 629 g/mol. The van der Waals surface area contributed by atoms with E-state index in [9.17, 15) is 23.6 Å². The number of ether oxygens (including phenoxy) is 3. The Bertz CT molecular complexity index is 1680. The summed E-state index contributed by atoms with van der Waals surface area (Å²) in [5, 5.41) is 9.43. The smallest absolute Gasteiger partial charge is 0.474 e. The molecule has 4 rings (SSSR count). The van der Waals surface area contributed by atoms with Gasteiger partial charge in [-0.3, -0.25) is 9.69 Å². The summed E-state index contributed by atoms with van der Waals surface area (Å²) in [7, 11) is 0. The van der Waals surface area contributed by atoms with Crippen LogP contribution in [0.1, 0.15) is 76.4 Å². The minimum absolute atomic E-state index is 0.0118.